The molecule has 2 aromatic carbocycles. The summed E-state index contributed by atoms with van der Waals surface area (Å²) in [6.45, 7) is -1.06. The van der Waals surface area contributed by atoms with Crippen molar-refractivity contribution in [2.24, 2.45) is 0 Å². The van der Waals surface area contributed by atoms with E-state index in [-0.39, 0.29) is 23.4 Å². The van der Waals surface area contributed by atoms with Gasteiger partial charge in [-0.15, -0.1) is 0 Å². The topological polar surface area (TPSA) is 83.2 Å². The minimum Gasteiger partial charge on any atom is -0.434 e. The van der Waals surface area contributed by atoms with Crippen molar-refractivity contribution in [2.45, 2.75) is 38.1 Å². The van der Waals surface area contributed by atoms with Crippen LogP contribution in [0.1, 0.15) is 24.4 Å². The van der Waals surface area contributed by atoms with Gasteiger partial charge in [0, 0.05) is 36.7 Å². The van der Waals surface area contributed by atoms with Crippen molar-refractivity contribution < 1.29 is 18.3 Å². The second-order valence-electron chi connectivity index (χ2n) is 8.73. The number of nitrogens with one attached hydrogen (secondary N) is 1. The fourth-order valence-corrected chi connectivity index (χ4v) is 4.99. The molecule has 4 heterocycles. The Balaban J connectivity index is 1.37. The van der Waals surface area contributed by atoms with Gasteiger partial charge in [0.25, 0.3) is 5.56 Å². The van der Waals surface area contributed by atoms with Gasteiger partial charge < -0.3 is 14.8 Å². The molecule has 1 N–H and O–H groups in total. The highest BCUT2D eigenvalue weighted by Crippen LogP contribution is 2.37. The van der Waals surface area contributed by atoms with Gasteiger partial charge in [-0.3, -0.25) is 9.48 Å². The fourth-order valence-electron chi connectivity index (χ4n) is 4.99. The maximum Gasteiger partial charge on any atom is 0.387 e. The van der Waals surface area contributed by atoms with E-state index in [9.17, 15) is 13.6 Å². The summed E-state index contributed by atoms with van der Waals surface area (Å²) in [6, 6.07) is 12.3. The Hall–Kier alpha value is -3.79. The van der Waals surface area contributed by atoms with Crippen molar-refractivity contribution in [3.63, 3.8) is 0 Å². The number of hydrogen-bond donors (Lipinski definition) is 1. The zero-order valence-corrected chi connectivity index (χ0v) is 18.7. The Morgan fingerprint density at radius 3 is 2.69 bits per heavy atom. The van der Waals surface area contributed by atoms with E-state index in [1.54, 1.807) is 41.3 Å². The van der Waals surface area contributed by atoms with Crippen LogP contribution < -0.4 is 15.6 Å². The number of ether oxygens (including phenoxy) is 2. The SMILES string of the molecule is O=c1c2ccc(-c3cnc(N[C@@H]4CCOC4)nc3)cc2n2n1CC[C@@H]2c1ccccc1OC(F)F. The molecule has 2 aromatic heterocycles. The third kappa shape index (κ3) is 3.93. The molecule has 1 saturated heterocycles. The van der Waals surface area contributed by atoms with Crippen LogP contribution in [0.5, 0.6) is 5.75 Å². The number of hydrogen-bond acceptors (Lipinski definition) is 6. The molecule has 0 radical (unpaired) electrons. The normalized spacial score (nSPS) is 19.4. The first-order valence-electron chi connectivity index (χ1n) is 11.5. The number of halogens is 2. The smallest absolute Gasteiger partial charge is 0.387 e. The van der Waals surface area contributed by atoms with Crippen molar-refractivity contribution >= 4 is 16.9 Å². The molecule has 180 valence electrons. The van der Waals surface area contributed by atoms with Crippen LogP contribution in [0.4, 0.5) is 14.7 Å². The summed E-state index contributed by atoms with van der Waals surface area (Å²) in [5, 5.41) is 3.84. The Kier molecular flexibility index (Phi) is 5.44. The average molecular weight is 479 g/mol. The number of anilines is 1. The standard InChI is InChI=1S/C25H23F2N5O3/c26-24(27)35-22-4-2-1-3-18(22)20-7-9-31-23(33)19-6-5-15(11-21(19)32(20)31)16-12-28-25(29-13-16)30-17-8-10-34-14-17/h1-6,11-13,17,20,24H,7-10,14H2,(H,28,29,30)/t17-,20-/m1/s1. The van der Waals surface area contributed by atoms with Crippen LogP contribution in [0.25, 0.3) is 22.0 Å². The third-order valence-electron chi connectivity index (χ3n) is 6.62. The zero-order chi connectivity index (χ0) is 23.9. The molecule has 35 heavy (non-hydrogen) atoms. The van der Waals surface area contributed by atoms with Crippen LogP contribution in [0.3, 0.4) is 0 Å². The summed E-state index contributed by atoms with van der Waals surface area (Å²) in [4.78, 5) is 21.9. The number of benzene rings is 2. The molecule has 0 aliphatic carbocycles. The Morgan fingerprint density at radius 1 is 1.09 bits per heavy atom. The van der Waals surface area contributed by atoms with E-state index in [0.717, 1.165) is 29.7 Å². The third-order valence-corrected chi connectivity index (χ3v) is 6.62. The van der Waals surface area contributed by atoms with Crippen molar-refractivity contribution in [1.82, 2.24) is 19.3 Å². The molecule has 2 atom stereocenters. The van der Waals surface area contributed by atoms with Gasteiger partial charge in [-0.05, 0) is 36.6 Å². The lowest BCUT2D eigenvalue weighted by molar-refractivity contribution is -0.0507. The number of aromatic nitrogens is 4. The fraction of sp³-hybridized carbons (Fsp3) is 0.320. The molecule has 0 saturated carbocycles. The van der Waals surface area contributed by atoms with Crippen molar-refractivity contribution in [2.75, 3.05) is 18.5 Å². The van der Waals surface area contributed by atoms with Crippen LogP contribution in [0.15, 0.2) is 59.7 Å². The molecule has 1 fully saturated rings. The van der Waals surface area contributed by atoms with Gasteiger partial charge in [0.2, 0.25) is 5.95 Å². The molecule has 0 spiro atoms. The van der Waals surface area contributed by atoms with E-state index in [0.29, 0.717) is 36.5 Å². The van der Waals surface area contributed by atoms with E-state index in [2.05, 4.69) is 15.3 Å². The number of nitrogens with zero attached hydrogens (tertiary/aromatic N) is 4. The summed E-state index contributed by atoms with van der Waals surface area (Å²) >= 11 is 0. The van der Waals surface area contributed by atoms with Crippen LogP contribution in [-0.4, -0.2) is 45.2 Å². The second-order valence-corrected chi connectivity index (χ2v) is 8.73. The van der Waals surface area contributed by atoms with Crippen LogP contribution in [0.2, 0.25) is 0 Å². The summed E-state index contributed by atoms with van der Waals surface area (Å²) in [6.07, 6.45) is 5.01. The molecule has 8 nitrogen and oxygen atoms in total. The molecular weight excluding hydrogens is 456 g/mol. The van der Waals surface area contributed by atoms with Crippen molar-refractivity contribution in [3.05, 3.63) is 70.8 Å². The number of para-hydroxylation sites is 1. The Labute approximate surface area is 199 Å². The van der Waals surface area contributed by atoms with Crippen molar-refractivity contribution in [3.8, 4) is 16.9 Å². The molecule has 6 rings (SSSR count). The minimum absolute atomic E-state index is 0.101. The lowest BCUT2D eigenvalue weighted by Gasteiger charge is -2.18. The predicted molar refractivity (Wildman–Crippen MR) is 126 cm³/mol. The summed E-state index contributed by atoms with van der Waals surface area (Å²) < 4.78 is 39.8. The van der Waals surface area contributed by atoms with Gasteiger partial charge in [-0.25, -0.2) is 14.6 Å². The molecule has 4 aromatic rings. The van der Waals surface area contributed by atoms with Gasteiger partial charge in [0.15, 0.2) is 0 Å². The highest BCUT2D eigenvalue weighted by atomic mass is 19.3. The van der Waals surface area contributed by atoms with Crippen LogP contribution in [-0.2, 0) is 11.3 Å². The van der Waals surface area contributed by atoms with E-state index in [1.165, 1.54) is 6.07 Å². The largest absolute Gasteiger partial charge is 0.434 e. The highest BCUT2D eigenvalue weighted by Gasteiger charge is 2.30. The number of alkyl halides is 2. The number of rotatable bonds is 6. The molecular formula is C25H23F2N5O3. The Morgan fingerprint density at radius 2 is 1.91 bits per heavy atom. The van der Waals surface area contributed by atoms with E-state index in [4.69, 9.17) is 9.47 Å². The quantitative estimate of drug-likeness (QED) is 0.449. The predicted octanol–water partition coefficient (Wildman–Crippen LogP) is 4.06. The number of fused-ring (bicyclic) bond motifs is 3. The monoisotopic (exact) mass is 479 g/mol. The van der Waals surface area contributed by atoms with Gasteiger partial charge in [0.1, 0.15) is 5.75 Å². The van der Waals surface area contributed by atoms with Gasteiger partial charge in [-0.2, -0.15) is 8.78 Å². The molecule has 0 unspecified atom stereocenters. The minimum atomic E-state index is -2.92. The van der Waals surface area contributed by atoms with Gasteiger partial charge in [0.05, 0.1) is 29.6 Å². The highest BCUT2D eigenvalue weighted by molar-refractivity contribution is 5.84. The summed E-state index contributed by atoms with van der Waals surface area (Å²) in [5.74, 6) is 0.664. The van der Waals surface area contributed by atoms with Crippen LogP contribution in [0, 0.1) is 0 Å². The maximum absolute atomic E-state index is 13.1. The first-order valence-corrected chi connectivity index (χ1v) is 11.5. The van der Waals surface area contributed by atoms with Gasteiger partial charge in [-0.1, -0.05) is 24.3 Å². The second kappa shape index (κ2) is 8.77. The lowest BCUT2D eigenvalue weighted by atomic mass is 10.0. The molecule has 0 bridgehead atoms. The van der Waals surface area contributed by atoms with Crippen LogP contribution >= 0.6 is 0 Å². The average Bonchev–Trinajstić information content (AvgIpc) is 3.59. The van der Waals surface area contributed by atoms with E-state index in [1.807, 2.05) is 16.8 Å². The van der Waals surface area contributed by atoms with E-state index < -0.39 is 6.61 Å². The molecule has 0 amide bonds. The Bertz CT molecular complexity index is 1430. The first-order chi connectivity index (χ1) is 17.1. The van der Waals surface area contributed by atoms with Gasteiger partial charge >= 0.3 is 6.61 Å². The molecule has 2 aliphatic rings. The van der Waals surface area contributed by atoms with E-state index >= 15 is 0 Å². The first kappa shape index (κ1) is 21.7. The molecule has 2 aliphatic heterocycles. The summed E-state index contributed by atoms with van der Waals surface area (Å²) in [5.41, 5.74) is 2.92. The zero-order valence-electron chi connectivity index (χ0n) is 18.7. The van der Waals surface area contributed by atoms with Crippen molar-refractivity contribution in [1.29, 1.82) is 0 Å². The maximum atomic E-state index is 13.1. The summed E-state index contributed by atoms with van der Waals surface area (Å²) in [7, 11) is 0. The molecule has 10 heteroatoms. The lowest BCUT2D eigenvalue weighted by Crippen LogP contribution is -2.20.